The molecule has 3 nitrogen and oxygen atoms in total. The monoisotopic (exact) mass is 239 g/mol. The first-order valence-electron chi connectivity index (χ1n) is 5.61. The quantitative estimate of drug-likeness (QED) is 0.895. The van der Waals surface area contributed by atoms with Gasteiger partial charge < -0.3 is 9.84 Å². The molecule has 0 aromatic heterocycles. The van der Waals surface area contributed by atoms with Gasteiger partial charge in [0.15, 0.2) is 0 Å². The van der Waals surface area contributed by atoms with Crippen LogP contribution in [0.3, 0.4) is 0 Å². The molecule has 0 unspecified atom stereocenters. The third kappa shape index (κ3) is 2.68. The van der Waals surface area contributed by atoms with Gasteiger partial charge in [-0.05, 0) is 54.4 Å². The third-order valence-electron chi connectivity index (χ3n) is 2.70. The second-order valence-corrected chi connectivity index (χ2v) is 3.98. The van der Waals surface area contributed by atoms with Gasteiger partial charge in [-0.15, -0.1) is 0 Å². The SMILES string of the molecule is Cc1cc(Oc2ccc(C#N)cc2)ccc1CO. The van der Waals surface area contributed by atoms with Crippen LogP contribution in [0, 0.1) is 18.3 Å². The van der Waals surface area contributed by atoms with Crippen molar-refractivity contribution in [1.29, 1.82) is 5.26 Å². The van der Waals surface area contributed by atoms with Crippen molar-refractivity contribution in [2.45, 2.75) is 13.5 Å². The summed E-state index contributed by atoms with van der Waals surface area (Å²) in [6, 6.07) is 14.5. The predicted octanol–water partition coefficient (Wildman–Crippen LogP) is 3.15. The summed E-state index contributed by atoms with van der Waals surface area (Å²) in [6.45, 7) is 1.96. The number of hydrogen-bond donors (Lipinski definition) is 1. The Kier molecular flexibility index (Phi) is 3.61. The van der Waals surface area contributed by atoms with Gasteiger partial charge in [-0.25, -0.2) is 0 Å². The highest BCUT2D eigenvalue weighted by atomic mass is 16.5. The van der Waals surface area contributed by atoms with E-state index in [1.165, 1.54) is 0 Å². The lowest BCUT2D eigenvalue weighted by Crippen LogP contribution is -1.90. The Bertz CT molecular complexity index is 582. The van der Waals surface area contributed by atoms with E-state index in [0.29, 0.717) is 11.3 Å². The molecule has 0 heterocycles. The molecule has 0 aliphatic rings. The Labute approximate surface area is 106 Å². The molecule has 0 saturated carbocycles. The number of nitriles is 1. The molecule has 0 fully saturated rings. The molecule has 0 aliphatic carbocycles. The van der Waals surface area contributed by atoms with E-state index in [4.69, 9.17) is 15.1 Å². The predicted molar refractivity (Wildman–Crippen MR) is 68.3 cm³/mol. The Hall–Kier alpha value is -2.31. The van der Waals surface area contributed by atoms with Gasteiger partial charge in [-0.3, -0.25) is 0 Å². The minimum Gasteiger partial charge on any atom is -0.457 e. The molecule has 1 N–H and O–H groups in total. The van der Waals surface area contributed by atoms with E-state index in [9.17, 15) is 0 Å². The summed E-state index contributed by atoms with van der Waals surface area (Å²) in [4.78, 5) is 0. The van der Waals surface area contributed by atoms with Crippen molar-refractivity contribution in [3.8, 4) is 17.6 Å². The Balaban J connectivity index is 2.18. The fourth-order valence-electron chi connectivity index (χ4n) is 1.64. The van der Waals surface area contributed by atoms with Gasteiger partial charge in [0.25, 0.3) is 0 Å². The second kappa shape index (κ2) is 5.35. The van der Waals surface area contributed by atoms with E-state index < -0.39 is 0 Å². The largest absolute Gasteiger partial charge is 0.457 e. The average molecular weight is 239 g/mol. The van der Waals surface area contributed by atoms with Crippen molar-refractivity contribution in [1.82, 2.24) is 0 Å². The van der Waals surface area contributed by atoms with Crippen molar-refractivity contribution < 1.29 is 9.84 Å². The van der Waals surface area contributed by atoms with Crippen molar-refractivity contribution in [3.63, 3.8) is 0 Å². The molecule has 18 heavy (non-hydrogen) atoms. The molecule has 0 atom stereocenters. The highest BCUT2D eigenvalue weighted by Gasteiger charge is 2.01. The van der Waals surface area contributed by atoms with Crippen molar-refractivity contribution in [3.05, 3.63) is 59.2 Å². The minimum absolute atomic E-state index is 0.0307. The van der Waals surface area contributed by atoms with Crippen LogP contribution in [0.5, 0.6) is 11.5 Å². The maximum atomic E-state index is 9.09. The zero-order valence-electron chi connectivity index (χ0n) is 10.1. The number of rotatable bonds is 3. The molecule has 0 spiro atoms. The summed E-state index contributed by atoms with van der Waals surface area (Å²) >= 11 is 0. The van der Waals surface area contributed by atoms with Crippen molar-refractivity contribution >= 4 is 0 Å². The summed E-state index contributed by atoms with van der Waals surface area (Å²) < 4.78 is 5.67. The first-order valence-corrected chi connectivity index (χ1v) is 5.61. The van der Waals surface area contributed by atoms with Gasteiger partial charge in [0, 0.05) is 0 Å². The second-order valence-electron chi connectivity index (χ2n) is 3.98. The maximum absolute atomic E-state index is 9.09. The molecule has 2 aromatic carbocycles. The van der Waals surface area contributed by atoms with Crippen LogP contribution in [-0.2, 0) is 6.61 Å². The molecule has 0 aliphatic heterocycles. The highest BCUT2D eigenvalue weighted by molar-refractivity contribution is 5.40. The number of benzene rings is 2. The summed E-state index contributed by atoms with van der Waals surface area (Å²) in [5.74, 6) is 1.40. The normalized spacial score (nSPS) is 9.83. The standard InChI is InChI=1S/C15H13NO2/c1-11-8-15(7-4-13(11)10-17)18-14-5-2-12(9-16)3-6-14/h2-8,17H,10H2,1H3. The van der Waals surface area contributed by atoms with Crippen molar-refractivity contribution in [2.75, 3.05) is 0 Å². The lowest BCUT2D eigenvalue weighted by atomic mass is 10.1. The Morgan fingerprint density at radius 3 is 2.33 bits per heavy atom. The average Bonchev–Trinajstić information content (AvgIpc) is 2.40. The fourth-order valence-corrected chi connectivity index (χ4v) is 1.64. The smallest absolute Gasteiger partial charge is 0.127 e. The van der Waals surface area contributed by atoms with Crippen LogP contribution < -0.4 is 4.74 Å². The molecular weight excluding hydrogens is 226 g/mol. The highest BCUT2D eigenvalue weighted by Crippen LogP contribution is 2.24. The van der Waals surface area contributed by atoms with Crippen LogP contribution in [0.4, 0.5) is 0 Å². The van der Waals surface area contributed by atoms with Gasteiger partial charge in [-0.1, -0.05) is 6.07 Å². The molecule has 0 bridgehead atoms. The van der Waals surface area contributed by atoms with Crippen LogP contribution in [0.15, 0.2) is 42.5 Å². The third-order valence-corrected chi connectivity index (χ3v) is 2.70. The number of aliphatic hydroxyl groups excluding tert-OH is 1. The van der Waals surface area contributed by atoms with Crippen LogP contribution >= 0.6 is 0 Å². The van der Waals surface area contributed by atoms with Gasteiger partial charge in [-0.2, -0.15) is 5.26 Å². The summed E-state index contributed by atoms with van der Waals surface area (Å²) in [6.07, 6.45) is 0. The lowest BCUT2D eigenvalue weighted by Gasteiger charge is -2.08. The van der Waals surface area contributed by atoms with E-state index in [0.717, 1.165) is 16.9 Å². The fraction of sp³-hybridized carbons (Fsp3) is 0.133. The summed E-state index contributed by atoms with van der Waals surface area (Å²) in [7, 11) is 0. The van der Waals surface area contributed by atoms with E-state index in [2.05, 4.69) is 6.07 Å². The zero-order chi connectivity index (χ0) is 13.0. The van der Waals surface area contributed by atoms with E-state index >= 15 is 0 Å². The Morgan fingerprint density at radius 2 is 1.78 bits per heavy atom. The van der Waals surface area contributed by atoms with E-state index in [1.807, 2.05) is 25.1 Å². The van der Waals surface area contributed by atoms with Gasteiger partial charge in [0.1, 0.15) is 11.5 Å². The zero-order valence-corrected chi connectivity index (χ0v) is 10.1. The number of aliphatic hydroxyl groups is 1. The first kappa shape index (κ1) is 12.2. The number of nitrogens with zero attached hydrogens (tertiary/aromatic N) is 1. The maximum Gasteiger partial charge on any atom is 0.127 e. The Morgan fingerprint density at radius 1 is 1.11 bits per heavy atom. The molecule has 0 saturated heterocycles. The van der Waals surface area contributed by atoms with E-state index in [1.54, 1.807) is 24.3 Å². The number of aryl methyl sites for hydroxylation is 1. The number of ether oxygens (including phenoxy) is 1. The molecule has 0 amide bonds. The lowest BCUT2D eigenvalue weighted by molar-refractivity contribution is 0.281. The first-order chi connectivity index (χ1) is 8.72. The van der Waals surface area contributed by atoms with Crippen LogP contribution in [-0.4, -0.2) is 5.11 Å². The number of hydrogen-bond acceptors (Lipinski definition) is 3. The summed E-state index contributed by atoms with van der Waals surface area (Å²) in [5.41, 5.74) is 2.49. The van der Waals surface area contributed by atoms with E-state index in [-0.39, 0.29) is 6.61 Å². The van der Waals surface area contributed by atoms with Gasteiger partial charge in [0.05, 0.1) is 18.2 Å². The molecule has 2 aromatic rings. The van der Waals surface area contributed by atoms with Gasteiger partial charge >= 0.3 is 0 Å². The minimum atomic E-state index is 0.0307. The topological polar surface area (TPSA) is 53.2 Å². The van der Waals surface area contributed by atoms with Crippen molar-refractivity contribution in [2.24, 2.45) is 0 Å². The molecular formula is C15H13NO2. The molecule has 90 valence electrons. The van der Waals surface area contributed by atoms with Crippen LogP contribution in [0.1, 0.15) is 16.7 Å². The van der Waals surface area contributed by atoms with Gasteiger partial charge in [0.2, 0.25) is 0 Å². The molecule has 3 heteroatoms. The molecule has 0 radical (unpaired) electrons. The van der Waals surface area contributed by atoms with Crippen LogP contribution in [0.2, 0.25) is 0 Å². The van der Waals surface area contributed by atoms with Crippen LogP contribution in [0.25, 0.3) is 0 Å². The summed E-state index contributed by atoms with van der Waals surface area (Å²) in [5, 5.41) is 17.8. The molecule has 2 rings (SSSR count).